The Kier molecular flexibility index (Phi) is 6.10. The number of rotatable bonds is 6. The van der Waals surface area contributed by atoms with Crippen molar-refractivity contribution >= 4 is 14.9 Å². The molecule has 0 heterocycles. The lowest BCUT2D eigenvalue weighted by atomic mass is 10.00. The molecular formula is C16H26OSi. The van der Waals surface area contributed by atoms with Gasteiger partial charge in [-0.05, 0) is 49.9 Å². The van der Waals surface area contributed by atoms with Crippen LogP contribution in [0.2, 0.25) is 0 Å². The van der Waals surface area contributed by atoms with Crippen LogP contribution in [0.25, 0.3) is 0 Å². The van der Waals surface area contributed by atoms with Gasteiger partial charge in [0.1, 0.15) is 0 Å². The molecule has 0 fully saturated rings. The number of aryl methyl sites for hydroxylation is 1. The molecule has 0 bridgehead atoms. The molecule has 2 radical (unpaired) electrons. The lowest BCUT2D eigenvalue weighted by molar-refractivity contribution is 0.141. The molecule has 0 spiro atoms. The van der Waals surface area contributed by atoms with Gasteiger partial charge in [0, 0.05) is 5.60 Å². The van der Waals surface area contributed by atoms with Gasteiger partial charge in [0.25, 0.3) is 9.76 Å². The molecule has 0 saturated heterocycles. The summed E-state index contributed by atoms with van der Waals surface area (Å²) in [7, 11) is 0.465. The first-order valence-corrected chi connectivity index (χ1v) is 7.93. The van der Waals surface area contributed by atoms with Crippen LogP contribution in [0.5, 0.6) is 0 Å². The van der Waals surface area contributed by atoms with Crippen molar-refractivity contribution in [3.05, 3.63) is 29.3 Å². The van der Waals surface area contributed by atoms with Gasteiger partial charge >= 0.3 is 0 Å². The van der Waals surface area contributed by atoms with Crippen LogP contribution in [0, 0.1) is 0 Å². The number of benzene rings is 1. The van der Waals surface area contributed by atoms with Crippen LogP contribution in [-0.2, 0) is 17.3 Å². The Hall–Kier alpha value is -0.603. The minimum Gasteiger partial charge on any atom is -0.407 e. The molecule has 100 valence electrons. The van der Waals surface area contributed by atoms with Crippen molar-refractivity contribution < 1.29 is 4.43 Å². The Morgan fingerprint density at radius 2 is 1.72 bits per heavy atom. The fourth-order valence-corrected chi connectivity index (χ4v) is 2.98. The molecule has 18 heavy (non-hydrogen) atoms. The SMILES string of the molecule is CCCc1cccc([Si]OC(C)(C)C)c1CCC. The van der Waals surface area contributed by atoms with Gasteiger partial charge in [-0.25, -0.2) is 0 Å². The maximum absolute atomic E-state index is 5.96. The van der Waals surface area contributed by atoms with Crippen molar-refractivity contribution in [3.63, 3.8) is 0 Å². The van der Waals surface area contributed by atoms with E-state index < -0.39 is 0 Å². The molecule has 1 aromatic carbocycles. The summed E-state index contributed by atoms with van der Waals surface area (Å²) < 4.78 is 5.96. The van der Waals surface area contributed by atoms with Crippen LogP contribution >= 0.6 is 0 Å². The quantitative estimate of drug-likeness (QED) is 0.711. The van der Waals surface area contributed by atoms with Crippen molar-refractivity contribution in [2.45, 2.75) is 65.9 Å². The van der Waals surface area contributed by atoms with E-state index in [9.17, 15) is 0 Å². The summed E-state index contributed by atoms with van der Waals surface area (Å²) in [6.07, 6.45) is 4.77. The Bertz CT molecular complexity index is 366. The summed E-state index contributed by atoms with van der Waals surface area (Å²) >= 11 is 0. The Morgan fingerprint density at radius 3 is 2.28 bits per heavy atom. The second-order valence-corrected chi connectivity index (χ2v) is 6.71. The monoisotopic (exact) mass is 262 g/mol. The van der Waals surface area contributed by atoms with E-state index in [2.05, 4.69) is 52.8 Å². The molecule has 1 rings (SSSR count). The van der Waals surface area contributed by atoms with Crippen LogP contribution in [0.15, 0.2) is 18.2 Å². The average Bonchev–Trinajstić information content (AvgIpc) is 2.29. The molecule has 0 N–H and O–H groups in total. The second kappa shape index (κ2) is 7.10. The predicted octanol–water partition coefficient (Wildman–Crippen LogP) is 3.65. The van der Waals surface area contributed by atoms with Crippen LogP contribution in [0.3, 0.4) is 0 Å². The topological polar surface area (TPSA) is 9.23 Å². The van der Waals surface area contributed by atoms with E-state index in [1.165, 1.54) is 42.0 Å². The summed E-state index contributed by atoms with van der Waals surface area (Å²) in [4.78, 5) is 0. The van der Waals surface area contributed by atoms with Crippen LogP contribution in [-0.4, -0.2) is 15.4 Å². The molecule has 0 aliphatic heterocycles. The maximum atomic E-state index is 5.96. The fraction of sp³-hybridized carbons (Fsp3) is 0.625. The van der Waals surface area contributed by atoms with Crippen LogP contribution < -0.4 is 5.19 Å². The van der Waals surface area contributed by atoms with Gasteiger partial charge < -0.3 is 4.43 Å². The number of hydrogen-bond donors (Lipinski definition) is 0. The molecule has 0 unspecified atom stereocenters. The zero-order chi connectivity index (χ0) is 13.6. The molecule has 0 aliphatic carbocycles. The van der Waals surface area contributed by atoms with E-state index in [1.54, 1.807) is 0 Å². The van der Waals surface area contributed by atoms with E-state index >= 15 is 0 Å². The largest absolute Gasteiger partial charge is 0.407 e. The summed E-state index contributed by atoms with van der Waals surface area (Å²) in [5.74, 6) is 0. The Balaban J connectivity index is 2.91. The predicted molar refractivity (Wildman–Crippen MR) is 80.7 cm³/mol. The molecule has 0 atom stereocenters. The number of hydrogen-bond acceptors (Lipinski definition) is 1. The van der Waals surface area contributed by atoms with Crippen molar-refractivity contribution in [2.75, 3.05) is 0 Å². The van der Waals surface area contributed by atoms with E-state index in [0.717, 1.165) is 0 Å². The zero-order valence-corrected chi connectivity index (χ0v) is 13.5. The van der Waals surface area contributed by atoms with Crippen LogP contribution in [0.1, 0.15) is 58.6 Å². The molecular weight excluding hydrogens is 236 g/mol. The molecule has 0 amide bonds. The van der Waals surface area contributed by atoms with E-state index in [4.69, 9.17) is 4.43 Å². The van der Waals surface area contributed by atoms with Gasteiger partial charge in [0.15, 0.2) is 0 Å². The Morgan fingerprint density at radius 1 is 1.06 bits per heavy atom. The minimum atomic E-state index is -0.0529. The lowest BCUT2D eigenvalue weighted by Gasteiger charge is -2.21. The normalized spacial score (nSPS) is 11.8. The first-order chi connectivity index (χ1) is 8.48. The van der Waals surface area contributed by atoms with Crippen molar-refractivity contribution in [1.29, 1.82) is 0 Å². The van der Waals surface area contributed by atoms with Gasteiger partial charge in [0.2, 0.25) is 0 Å². The van der Waals surface area contributed by atoms with Gasteiger partial charge in [-0.3, -0.25) is 0 Å². The molecule has 1 aromatic rings. The van der Waals surface area contributed by atoms with Gasteiger partial charge in [0.05, 0.1) is 0 Å². The summed E-state index contributed by atoms with van der Waals surface area (Å²) in [6, 6.07) is 6.69. The highest BCUT2D eigenvalue weighted by molar-refractivity contribution is 6.47. The minimum absolute atomic E-state index is 0.0529. The van der Waals surface area contributed by atoms with Crippen molar-refractivity contribution in [1.82, 2.24) is 0 Å². The highest BCUT2D eigenvalue weighted by atomic mass is 28.2. The molecule has 2 heteroatoms. The summed E-state index contributed by atoms with van der Waals surface area (Å²) in [6.45, 7) is 10.9. The van der Waals surface area contributed by atoms with Gasteiger partial charge in [-0.15, -0.1) is 0 Å². The standard InChI is InChI=1S/C16H26OSi/c1-6-9-13-11-8-12-15(14(13)10-7-2)18-17-16(3,4)5/h8,11-12H,6-7,9-10H2,1-5H3. The molecule has 0 saturated carbocycles. The first kappa shape index (κ1) is 15.5. The van der Waals surface area contributed by atoms with Gasteiger partial charge in [-0.2, -0.15) is 0 Å². The van der Waals surface area contributed by atoms with Crippen molar-refractivity contribution in [2.24, 2.45) is 0 Å². The summed E-state index contributed by atoms with van der Waals surface area (Å²) in [5, 5.41) is 1.40. The lowest BCUT2D eigenvalue weighted by Crippen LogP contribution is -2.31. The van der Waals surface area contributed by atoms with E-state index in [0.29, 0.717) is 9.76 Å². The highest BCUT2D eigenvalue weighted by Crippen LogP contribution is 2.13. The molecule has 0 aliphatic rings. The third-order valence-electron chi connectivity index (χ3n) is 2.76. The van der Waals surface area contributed by atoms with E-state index in [-0.39, 0.29) is 5.60 Å². The van der Waals surface area contributed by atoms with Gasteiger partial charge in [-0.1, -0.05) is 44.9 Å². The summed E-state index contributed by atoms with van der Waals surface area (Å²) in [5.41, 5.74) is 2.99. The molecule has 0 aromatic heterocycles. The smallest absolute Gasteiger partial charge is 0.269 e. The van der Waals surface area contributed by atoms with Crippen molar-refractivity contribution in [3.8, 4) is 0 Å². The van der Waals surface area contributed by atoms with Crippen LogP contribution in [0.4, 0.5) is 0 Å². The third-order valence-corrected chi connectivity index (χ3v) is 4.16. The second-order valence-electron chi connectivity index (χ2n) is 5.76. The highest BCUT2D eigenvalue weighted by Gasteiger charge is 2.14. The van der Waals surface area contributed by atoms with E-state index in [1.807, 2.05) is 0 Å². The third kappa shape index (κ3) is 4.95. The Labute approximate surface area is 115 Å². The first-order valence-electron chi connectivity index (χ1n) is 7.02. The molecule has 1 nitrogen and oxygen atoms in total. The maximum Gasteiger partial charge on any atom is 0.269 e. The fourth-order valence-electron chi connectivity index (χ4n) is 1.99. The average molecular weight is 262 g/mol. The zero-order valence-electron chi connectivity index (χ0n) is 12.5.